The molecule has 1 aromatic carbocycles. The molecule has 0 aliphatic heterocycles. The quantitative estimate of drug-likeness (QED) is 0.598. The average Bonchev–Trinajstić information content (AvgIpc) is 3.31. The number of hydrogen-bond donors (Lipinski definition) is 1. The van der Waals surface area contributed by atoms with Gasteiger partial charge in [-0.15, -0.1) is 5.10 Å². The molecule has 0 atom stereocenters. The lowest BCUT2D eigenvalue weighted by Gasteiger charge is -2.05. The fourth-order valence-corrected chi connectivity index (χ4v) is 3.90. The Morgan fingerprint density at radius 3 is 2.55 bits per heavy atom. The third kappa shape index (κ3) is 5.29. The number of nitrogens with zero attached hydrogens (tertiary/aromatic N) is 4. The number of carbonyl (C=O) groups excluding carboxylic acids is 1. The van der Waals surface area contributed by atoms with Crippen LogP contribution in [0.1, 0.15) is 38.3 Å². The number of aromatic nitrogens is 4. The maximum absolute atomic E-state index is 12.3. The summed E-state index contributed by atoms with van der Waals surface area (Å²) in [6, 6.07) is 8.53. The van der Waals surface area contributed by atoms with Crippen molar-refractivity contribution in [2.45, 2.75) is 44.6 Å². The number of amides is 1. The zero-order chi connectivity index (χ0) is 21.0. The van der Waals surface area contributed by atoms with Crippen LogP contribution in [-0.2, 0) is 14.6 Å². The molecule has 154 valence electrons. The summed E-state index contributed by atoms with van der Waals surface area (Å²) in [5.74, 6) is -0.320. The van der Waals surface area contributed by atoms with Crippen molar-refractivity contribution < 1.29 is 17.6 Å². The number of anilines is 1. The van der Waals surface area contributed by atoms with Gasteiger partial charge in [0.2, 0.25) is 5.91 Å². The smallest absolute Gasteiger partial charge is 0.322 e. The van der Waals surface area contributed by atoms with Crippen molar-refractivity contribution in [1.29, 1.82) is 0 Å². The summed E-state index contributed by atoms with van der Waals surface area (Å²) in [5, 5.41) is 14.5. The molecule has 0 spiro atoms. The number of benzene rings is 1. The number of aryl methyl sites for hydroxylation is 1. The molecule has 1 amide bonds. The van der Waals surface area contributed by atoms with Gasteiger partial charge in [-0.3, -0.25) is 14.8 Å². The van der Waals surface area contributed by atoms with E-state index in [1.165, 1.54) is 0 Å². The highest BCUT2D eigenvalue weighted by molar-refractivity contribution is 7.91. The zero-order valence-electron chi connectivity index (χ0n) is 16.5. The lowest BCUT2D eigenvalue weighted by Crippen LogP contribution is -2.14. The van der Waals surface area contributed by atoms with E-state index in [4.69, 9.17) is 4.42 Å². The van der Waals surface area contributed by atoms with Crippen LogP contribution >= 0.6 is 0 Å². The van der Waals surface area contributed by atoms with Gasteiger partial charge in [-0.2, -0.15) is 5.10 Å². The first-order valence-corrected chi connectivity index (χ1v) is 10.9. The Balaban J connectivity index is 1.52. The molecule has 0 fully saturated rings. The van der Waals surface area contributed by atoms with Crippen LogP contribution in [0, 0.1) is 6.92 Å². The van der Waals surface area contributed by atoms with Gasteiger partial charge in [0.15, 0.2) is 9.84 Å². The third-order valence-corrected chi connectivity index (χ3v) is 6.04. The van der Waals surface area contributed by atoms with Crippen molar-refractivity contribution >= 4 is 21.8 Å². The molecule has 0 radical (unpaired) electrons. The predicted octanol–water partition coefficient (Wildman–Crippen LogP) is 3.02. The van der Waals surface area contributed by atoms with Crippen molar-refractivity contribution in [2.24, 2.45) is 0 Å². The molecule has 0 unspecified atom stereocenters. The molecule has 0 saturated heterocycles. The molecule has 9 nitrogen and oxygen atoms in total. The topological polar surface area (TPSA) is 120 Å². The molecule has 0 bridgehead atoms. The minimum absolute atomic E-state index is 0.0186. The van der Waals surface area contributed by atoms with Gasteiger partial charge in [0.25, 0.3) is 5.89 Å². The summed E-state index contributed by atoms with van der Waals surface area (Å²) in [5.41, 5.74) is 1.49. The maximum atomic E-state index is 12.3. The summed E-state index contributed by atoms with van der Waals surface area (Å²) < 4.78 is 31.8. The highest BCUT2D eigenvalue weighted by Crippen LogP contribution is 2.19. The molecule has 10 heteroatoms. The fraction of sp³-hybridized carbons (Fsp3) is 0.368. The van der Waals surface area contributed by atoms with E-state index in [0.717, 1.165) is 5.56 Å². The number of carbonyl (C=O) groups is 1. The highest BCUT2D eigenvalue weighted by Gasteiger charge is 2.17. The molecule has 0 aliphatic carbocycles. The first-order valence-electron chi connectivity index (χ1n) is 9.23. The SMILES string of the molecule is Cc1ccc(S(=O)(=O)CCCC(=O)Nc2nnc(-c3ccn(C(C)C)n3)o2)cc1. The van der Waals surface area contributed by atoms with E-state index in [9.17, 15) is 13.2 Å². The standard InChI is InChI=1S/C19H23N5O4S/c1-13(2)24-11-10-16(23-24)18-21-22-19(28-18)20-17(25)5-4-12-29(26,27)15-8-6-14(3)7-9-15/h6-11,13H,4-5,12H2,1-3H3,(H,20,22,25). The van der Waals surface area contributed by atoms with E-state index >= 15 is 0 Å². The molecule has 0 saturated carbocycles. The fourth-order valence-electron chi connectivity index (χ4n) is 2.58. The number of hydrogen-bond acceptors (Lipinski definition) is 7. The first kappa shape index (κ1) is 20.7. The van der Waals surface area contributed by atoms with E-state index in [-0.39, 0.29) is 41.4 Å². The maximum Gasteiger partial charge on any atom is 0.322 e. The predicted molar refractivity (Wildman–Crippen MR) is 107 cm³/mol. The van der Waals surface area contributed by atoms with Gasteiger partial charge in [0.05, 0.1) is 10.6 Å². The Morgan fingerprint density at radius 2 is 1.90 bits per heavy atom. The molecule has 3 aromatic rings. The second-order valence-electron chi connectivity index (χ2n) is 6.97. The lowest BCUT2D eigenvalue weighted by molar-refractivity contribution is -0.116. The van der Waals surface area contributed by atoms with Crippen molar-refractivity contribution in [3.63, 3.8) is 0 Å². The largest absolute Gasteiger partial charge is 0.401 e. The zero-order valence-corrected chi connectivity index (χ0v) is 17.3. The van der Waals surface area contributed by atoms with Crippen molar-refractivity contribution in [1.82, 2.24) is 20.0 Å². The Kier molecular flexibility index (Phi) is 6.12. The van der Waals surface area contributed by atoms with E-state index < -0.39 is 15.7 Å². The summed E-state index contributed by atoms with van der Waals surface area (Å²) >= 11 is 0. The number of nitrogens with one attached hydrogen (secondary N) is 1. The second kappa shape index (κ2) is 8.56. The van der Waals surface area contributed by atoms with Crippen LogP contribution in [-0.4, -0.2) is 40.1 Å². The molecule has 2 heterocycles. The van der Waals surface area contributed by atoms with Gasteiger partial charge >= 0.3 is 6.01 Å². The molecular formula is C19H23N5O4S. The van der Waals surface area contributed by atoms with Crippen LogP contribution in [0.25, 0.3) is 11.6 Å². The first-order chi connectivity index (χ1) is 13.7. The minimum Gasteiger partial charge on any atom is -0.401 e. The van der Waals surface area contributed by atoms with Crippen LogP contribution in [0.5, 0.6) is 0 Å². The molecular weight excluding hydrogens is 394 g/mol. The number of sulfone groups is 1. The Morgan fingerprint density at radius 1 is 1.17 bits per heavy atom. The summed E-state index contributed by atoms with van der Waals surface area (Å²) in [7, 11) is -3.42. The van der Waals surface area contributed by atoms with Gasteiger partial charge in [0, 0.05) is 18.7 Å². The molecule has 0 aliphatic rings. The Labute approximate surface area is 169 Å². The van der Waals surface area contributed by atoms with Gasteiger partial charge in [-0.1, -0.05) is 22.8 Å². The van der Waals surface area contributed by atoms with Gasteiger partial charge < -0.3 is 4.42 Å². The summed E-state index contributed by atoms with van der Waals surface area (Å²) in [6.07, 6.45) is 2.00. The normalized spacial score (nSPS) is 11.7. The third-order valence-electron chi connectivity index (χ3n) is 4.22. The van der Waals surface area contributed by atoms with Crippen LogP contribution in [0.3, 0.4) is 0 Å². The Bertz CT molecular complexity index is 1080. The van der Waals surface area contributed by atoms with Crippen molar-refractivity contribution in [3.8, 4) is 11.6 Å². The lowest BCUT2D eigenvalue weighted by atomic mass is 10.2. The van der Waals surface area contributed by atoms with Crippen molar-refractivity contribution in [3.05, 3.63) is 42.1 Å². The Hall–Kier alpha value is -3.01. The number of rotatable bonds is 8. The second-order valence-corrected chi connectivity index (χ2v) is 9.08. The minimum atomic E-state index is -3.42. The molecule has 2 aromatic heterocycles. The van der Waals surface area contributed by atoms with Gasteiger partial charge in [0.1, 0.15) is 5.69 Å². The van der Waals surface area contributed by atoms with E-state index in [1.54, 1.807) is 41.2 Å². The summed E-state index contributed by atoms with van der Waals surface area (Å²) in [6.45, 7) is 5.88. The highest BCUT2D eigenvalue weighted by atomic mass is 32.2. The molecule has 3 rings (SSSR count). The van der Waals surface area contributed by atoms with E-state index in [0.29, 0.717) is 5.69 Å². The average molecular weight is 417 g/mol. The van der Waals surface area contributed by atoms with Crippen LogP contribution < -0.4 is 5.32 Å². The van der Waals surface area contributed by atoms with Crippen LogP contribution in [0.4, 0.5) is 6.01 Å². The summed E-state index contributed by atoms with van der Waals surface area (Å²) in [4.78, 5) is 12.3. The van der Waals surface area contributed by atoms with Crippen LogP contribution in [0.2, 0.25) is 0 Å². The monoisotopic (exact) mass is 417 g/mol. The van der Waals surface area contributed by atoms with Gasteiger partial charge in [-0.05, 0) is 45.4 Å². The van der Waals surface area contributed by atoms with Gasteiger partial charge in [-0.25, -0.2) is 8.42 Å². The van der Waals surface area contributed by atoms with Crippen LogP contribution in [0.15, 0.2) is 45.8 Å². The molecule has 1 N–H and O–H groups in total. The van der Waals surface area contributed by atoms with E-state index in [1.807, 2.05) is 20.8 Å². The van der Waals surface area contributed by atoms with E-state index in [2.05, 4.69) is 20.6 Å². The van der Waals surface area contributed by atoms with Crippen molar-refractivity contribution in [2.75, 3.05) is 11.1 Å². The molecule has 29 heavy (non-hydrogen) atoms.